The van der Waals surface area contributed by atoms with E-state index in [0.29, 0.717) is 39.1 Å². The minimum absolute atomic E-state index is 0.135. The third-order valence-corrected chi connectivity index (χ3v) is 7.55. The predicted molar refractivity (Wildman–Crippen MR) is 134 cm³/mol. The number of aliphatic hydroxyl groups is 2. The highest BCUT2D eigenvalue weighted by atomic mass is 16.5. The van der Waals surface area contributed by atoms with Crippen LogP contribution in [0.2, 0.25) is 0 Å². The van der Waals surface area contributed by atoms with E-state index in [0.717, 1.165) is 24.2 Å². The number of nitrogens with zero attached hydrogens (tertiary/aromatic N) is 3. The Bertz CT molecular complexity index is 947. The predicted octanol–water partition coefficient (Wildman–Crippen LogP) is 2.52. The minimum atomic E-state index is -0.852. The van der Waals surface area contributed by atoms with E-state index in [1.165, 1.54) is 0 Å². The maximum absolute atomic E-state index is 13.1. The van der Waals surface area contributed by atoms with E-state index in [9.17, 15) is 15.0 Å². The van der Waals surface area contributed by atoms with Crippen LogP contribution in [0.1, 0.15) is 51.0 Å². The zero-order valence-electron chi connectivity index (χ0n) is 20.7. The molecule has 0 radical (unpaired) electrons. The third kappa shape index (κ3) is 6.57. The normalized spacial score (nSPS) is 32.2. The smallest absolute Gasteiger partial charge is 0.251 e. The third-order valence-electron chi connectivity index (χ3n) is 7.55. The summed E-state index contributed by atoms with van der Waals surface area (Å²) in [5.41, 5.74) is 0.774. The molecule has 0 spiro atoms. The van der Waals surface area contributed by atoms with Crippen molar-refractivity contribution in [1.29, 1.82) is 0 Å². The molecule has 1 unspecified atom stereocenters. The lowest BCUT2D eigenvalue weighted by Gasteiger charge is -2.37. The molecule has 2 aliphatic rings. The van der Waals surface area contributed by atoms with Crippen molar-refractivity contribution < 1.29 is 19.7 Å². The number of anilines is 1. The van der Waals surface area contributed by atoms with Crippen LogP contribution in [0.25, 0.3) is 0 Å². The molecule has 35 heavy (non-hydrogen) atoms. The molecule has 3 N–H and O–H groups in total. The van der Waals surface area contributed by atoms with Crippen LogP contribution in [-0.2, 0) is 9.53 Å². The Labute approximate surface area is 207 Å². The van der Waals surface area contributed by atoms with Crippen LogP contribution in [0.15, 0.2) is 48.9 Å². The molecule has 1 aliphatic carbocycles. The standard InChI is InChI=1S/C27H38N4O4/c1-19-8-9-27(2,15-21(25(33)22(32)14-19)20-6-4-3-5-7-20)18-30-26(34)23-17-31(12-13-35-23)24-16-28-10-11-29-24/h3-7,10-11,16,19,21-23,25,32-33H,8-9,12-15,17-18H2,1-2H3,(H,30,34)/t19-,21-,22+,23?,25-,27+/m1/s1. The van der Waals surface area contributed by atoms with Gasteiger partial charge in [-0.1, -0.05) is 50.6 Å². The van der Waals surface area contributed by atoms with Crippen molar-refractivity contribution in [3.05, 3.63) is 54.5 Å². The van der Waals surface area contributed by atoms with Crippen molar-refractivity contribution >= 4 is 11.7 Å². The summed E-state index contributed by atoms with van der Waals surface area (Å²) in [5, 5.41) is 25.0. The minimum Gasteiger partial charge on any atom is -0.390 e. The van der Waals surface area contributed by atoms with Gasteiger partial charge in [0.1, 0.15) is 5.82 Å². The lowest BCUT2D eigenvalue weighted by atomic mass is 9.73. The van der Waals surface area contributed by atoms with Gasteiger partial charge in [0.2, 0.25) is 0 Å². The summed E-state index contributed by atoms with van der Waals surface area (Å²) >= 11 is 0. The molecule has 2 heterocycles. The maximum atomic E-state index is 13.1. The second-order valence-corrected chi connectivity index (χ2v) is 10.6. The number of morpholine rings is 1. The molecule has 1 amide bonds. The number of ether oxygens (including phenoxy) is 1. The highest BCUT2D eigenvalue weighted by Gasteiger charge is 2.38. The Kier molecular flexibility index (Phi) is 8.36. The Balaban J connectivity index is 1.45. The molecule has 2 aromatic rings. The average molecular weight is 483 g/mol. The Hall–Kier alpha value is -2.55. The van der Waals surface area contributed by atoms with Crippen molar-refractivity contribution in [2.24, 2.45) is 11.3 Å². The number of aliphatic hydroxyl groups excluding tert-OH is 2. The summed E-state index contributed by atoms with van der Waals surface area (Å²) in [4.78, 5) is 23.6. The summed E-state index contributed by atoms with van der Waals surface area (Å²) in [6.45, 7) is 6.31. The van der Waals surface area contributed by atoms with Gasteiger partial charge < -0.3 is 25.2 Å². The van der Waals surface area contributed by atoms with E-state index in [2.05, 4.69) is 29.1 Å². The van der Waals surface area contributed by atoms with Gasteiger partial charge in [0.05, 0.1) is 31.6 Å². The molecule has 1 aromatic carbocycles. The average Bonchev–Trinajstić information content (AvgIpc) is 2.93. The monoisotopic (exact) mass is 482 g/mol. The fourth-order valence-corrected chi connectivity index (χ4v) is 5.35. The fraction of sp³-hybridized carbons (Fsp3) is 0.593. The second kappa shape index (κ2) is 11.5. The molecule has 1 saturated heterocycles. The van der Waals surface area contributed by atoms with E-state index in [4.69, 9.17) is 4.74 Å². The molecule has 1 aromatic heterocycles. The molecule has 6 atom stereocenters. The number of hydrogen-bond donors (Lipinski definition) is 3. The van der Waals surface area contributed by atoms with Crippen molar-refractivity contribution in [3.63, 3.8) is 0 Å². The highest BCUT2D eigenvalue weighted by molar-refractivity contribution is 5.81. The number of hydrogen-bond acceptors (Lipinski definition) is 7. The van der Waals surface area contributed by atoms with Crippen molar-refractivity contribution in [3.8, 4) is 0 Å². The zero-order chi connectivity index (χ0) is 24.8. The van der Waals surface area contributed by atoms with Crippen molar-refractivity contribution in [1.82, 2.24) is 15.3 Å². The van der Waals surface area contributed by atoms with E-state index in [-0.39, 0.29) is 23.2 Å². The molecule has 2 fully saturated rings. The van der Waals surface area contributed by atoms with Crippen LogP contribution in [0.4, 0.5) is 5.82 Å². The zero-order valence-corrected chi connectivity index (χ0v) is 20.7. The van der Waals surface area contributed by atoms with Gasteiger partial charge in [-0.25, -0.2) is 4.98 Å². The Morgan fingerprint density at radius 3 is 2.80 bits per heavy atom. The van der Waals surface area contributed by atoms with E-state index in [1.54, 1.807) is 18.6 Å². The second-order valence-electron chi connectivity index (χ2n) is 10.6. The number of carbonyl (C=O) groups excluding carboxylic acids is 1. The van der Waals surface area contributed by atoms with Gasteiger partial charge in [-0.2, -0.15) is 0 Å². The first-order valence-electron chi connectivity index (χ1n) is 12.7. The van der Waals surface area contributed by atoms with Crippen LogP contribution in [0, 0.1) is 11.3 Å². The molecule has 1 saturated carbocycles. The largest absolute Gasteiger partial charge is 0.390 e. The SMILES string of the molecule is C[C@@H]1CC[C@](C)(CNC(=O)C2CN(c3cnccn3)CCO2)C[C@H](c2ccccc2)[C@@H](O)[C@@H](O)C1. The molecule has 4 rings (SSSR count). The summed E-state index contributed by atoms with van der Waals surface area (Å²) in [6, 6.07) is 9.91. The molecular formula is C27H38N4O4. The summed E-state index contributed by atoms with van der Waals surface area (Å²) in [5.74, 6) is 0.677. The number of benzene rings is 1. The molecule has 1 aliphatic heterocycles. The van der Waals surface area contributed by atoms with Crippen LogP contribution >= 0.6 is 0 Å². The van der Waals surface area contributed by atoms with Crippen LogP contribution in [0.3, 0.4) is 0 Å². The number of carbonyl (C=O) groups is 1. The summed E-state index contributed by atoms with van der Waals surface area (Å²) in [7, 11) is 0. The lowest BCUT2D eigenvalue weighted by molar-refractivity contribution is -0.134. The first-order chi connectivity index (χ1) is 16.8. The molecular weight excluding hydrogens is 444 g/mol. The molecule has 8 heteroatoms. The van der Waals surface area contributed by atoms with E-state index >= 15 is 0 Å². The number of amides is 1. The van der Waals surface area contributed by atoms with E-state index < -0.39 is 18.3 Å². The van der Waals surface area contributed by atoms with Crippen molar-refractivity contribution in [2.45, 2.75) is 63.8 Å². The van der Waals surface area contributed by atoms with Gasteiger partial charge in [0, 0.05) is 31.4 Å². The highest BCUT2D eigenvalue weighted by Crippen LogP contribution is 2.41. The quantitative estimate of drug-likeness (QED) is 0.601. The number of aromatic nitrogens is 2. The van der Waals surface area contributed by atoms with Crippen LogP contribution in [-0.4, -0.2) is 70.6 Å². The first kappa shape index (κ1) is 25.5. The van der Waals surface area contributed by atoms with Gasteiger partial charge >= 0.3 is 0 Å². The molecule has 0 bridgehead atoms. The van der Waals surface area contributed by atoms with Gasteiger partial charge in [0.25, 0.3) is 5.91 Å². The van der Waals surface area contributed by atoms with Crippen LogP contribution < -0.4 is 10.2 Å². The Morgan fingerprint density at radius 2 is 2.06 bits per heavy atom. The van der Waals surface area contributed by atoms with E-state index in [1.807, 2.05) is 35.2 Å². The molecule has 8 nitrogen and oxygen atoms in total. The van der Waals surface area contributed by atoms with Gasteiger partial charge in [0.15, 0.2) is 6.10 Å². The summed E-state index contributed by atoms with van der Waals surface area (Å²) in [6.07, 6.45) is 5.84. The van der Waals surface area contributed by atoms with Crippen LogP contribution in [0.5, 0.6) is 0 Å². The van der Waals surface area contributed by atoms with Gasteiger partial charge in [-0.05, 0) is 36.2 Å². The topological polar surface area (TPSA) is 108 Å². The molecule has 190 valence electrons. The lowest BCUT2D eigenvalue weighted by Crippen LogP contribution is -2.51. The number of rotatable bonds is 5. The summed E-state index contributed by atoms with van der Waals surface area (Å²) < 4.78 is 5.79. The fourth-order valence-electron chi connectivity index (χ4n) is 5.35. The maximum Gasteiger partial charge on any atom is 0.251 e. The van der Waals surface area contributed by atoms with Gasteiger partial charge in [-0.15, -0.1) is 0 Å². The number of nitrogens with one attached hydrogen (secondary N) is 1. The van der Waals surface area contributed by atoms with Gasteiger partial charge in [-0.3, -0.25) is 9.78 Å². The van der Waals surface area contributed by atoms with Crippen molar-refractivity contribution in [2.75, 3.05) is 31.1 Å². The first-order valence-corrected chi connectivity index (χ1v) is 12.7. The Morgan fingerprint density at radius 1 is 1.26 bits per heavy atom.